The van der Waals surface area contributed by atoms with E-state index in [-0.39, 0.29) is 0 Å². The molecule has 1 heterocycles. The van der Waals surface area contributed by atoms with Gasteiger partial charge in [0.2, 0.25) is 0 Å². The van der Waals surface area contributed by atoms with Crippen LogP contribution in [0.4, 0.5) is 0 Å². The van der Waals surface area contributed by atoms with Gasteiger partial charge in [-0.25, -0.2) is 0 Å². The van der Waals surface area contributed by atoms with Gasteiger partial charge in [0.25, 0.3) is 0 Å². The molecule has 0 aromatic rings. The van der Waals surface area contributed by atoms with Gasteiger partial charge in [0.05, 0.1) is 12.7 Å². The highest BCUT2D eigenvalue weighted by Gasteiger charge is 2.52. The van der Waals surface area contributed by atoms with Crippen LogP contribution in [-0.4, -0.2) is 62.3 Å². The maximum atomic E-state index is 9.47. The fourth-order valence-electron chi connectivity index (χ4n) is 1.27. The van der Waals surface area contributed by atoms with Crippen molar-refractivity contribution in [3.05, 3.63) is 0 Å². The molecule has 5 atom stereocenters. The third kappa shape index (κ3) is 1.56. The number of aliphatic hydroxyl groups excluding tert-OH is 4. The third-order valence-corrected chi connectivity index (χ3v) is 2.34. The van der Waals surface area contributed by atoms with Gasteiger partial charge < -0.3 is 30.3 Å². The summed E-state index contributed by atoms with van der Waals surface area (Å²) in [6.45, 7) is 0.549. The molecular formula is C7H14O6. The number of rotatable bonds is 1. The van der Waals surface area contributed by atoms with Crippen molar-refractivity contribution in [1.82, 2.24) is 0 Å². The number of hydrogen-bond acceptors (Lipinski definition) is 6. The highest BCUT2D eigenvalue weighted by Crippen LogP contribution is 2.28. The van der Waals surface area contributed by atoms with Crippen LogP contribution in [0, 0.1) is 0 Å². The second-order valence-corrected chi connectivity index (χ2v) is 3.28. The van der Waals surface area contributed by atoms with Crippen LogP contribution >= 0.6 is 0 Å². The summed E-state index contributed by atoms with van der Waals surface area (Å²) < 4.78 is 4.71. The van der Waals surface area contributed by atoms with Crippen LogP contribution in [0.1, 0.15) is 6.92 Å². The van der Waals surface area contributed by atoms with Crippen molar-refractivity contribution >= 4 is 0 Å². The lowest BCUT2D eigenvalue weighted by atomic mass is 9.87. The smallest absolute Gasteiger partial charge is 0.189 e. The Hall–Kier alpha value is -0.240. The summed E-state index contributed by atoms with van der Waals surface area (Å²) in [5.41, 5.74) is -2.22. The van der Waals surface area contributed by atoms with Crippen molar-refractivity contribution in [2.45, 2.75) is 37.1 Å². The number of aliphatic hydroxyl groups is 5. The minimum atomic E-state index is -2.22. The van der Waals surface area contributed by atoms with Gasteiger partial charge in [0.1, 0.15) is 12.2 Å². The largest absolute Gasteiger partial charge is 0.393 e. The first-order valence-electron chi connectivity index (χ1n) is 3.96. The fourth-order valence-corrected chi connectivity index (χ4v) is 1.27. The molecule has 0 bridgehead atoms. The van der Waals surface area contributed by atoms with Crippen LogP contribution in [-0.2, 0) is 4.74 Å². The van der Waals surface area contributed by atoms with E-state index in [2.05, 4.69) is 0 Å². The molecule has 1 fully saturated rings. The van der Waals surface area contributed by atoms with E-state index in [9.17, 15) is 20.4 Å². The van der Waals surface area contributed by atoms with E-state index >= 15 is 0 Å². The average Bonchev–Trinajstić information content (AvgIpc) is 2.11. The van der Waals surface area contributed by atoms with Gasteiger partial charge in [0, 0.05) is 0 Å². The Morgan fingerprint density at radius 1 is 1.31 bits per heavy atom. The first-order chi connectivity index (χ1) is 5.93. The third-order valence-electron chi connectivity index (χ3n) is 2.34. The van der Waals surface area contributed by atoms with Crippen LogP contribution in [0.15, 0.2) is 0 Å². The van der Waals surface area contributed by atoms with E-state index in [1.807, 2.05) is 0 Å². The Balaban J connectivity index is 2.85. The summed E-state index contributed by atoms with van der Waals surface area (Å²) >= 11 is 0. The summed E-state index contributed by atoms with van der Waals surface area (Å²) in [6.07, 6.45) is -5.46. The maximum Gasteiger partial charge on any atom is 0.189 e. The standard InChI is InChI=1S/C7H14O6/c1-3-4(9)5(10)7(12,2-8)6(11)13-3/h3-6,8-12H,2H2,1H3/t3-,4+,5-,6-,7-/m1/s1. The lowest BCUT2D eigenvalue weighted by Gasteiger charge is -2.44. The Kier molecular flexibility index (Phi) is 2.91. The molecule has 0 saturated carbocycles. The first kappa shape index (κ1) is 10.8. The number of ether oxygens (including phenoxy) is 1. The topological polar surface area (TPSA) is 110 Å². The van der Waals surface area contributed by atoms with E-state index in [0.717, 1.165) is 0 Å². The highest BCUT2D eigenvalue weighted by atomic mass is 16.6. The molecule has 6 nitrogen and oxygen atoms in total. The molecule has 6 heteroatoms. The van der Waals surface area contributed by atoms with Gasteiger partial charge in [-0.1, -0.05) is 0 Å². The van der Waals surface area contributed by atoms with Gasteiger partial charge >= 0.3 is 0 Å². The van der Waals surface area contributed by atoms with Gasteiger partial charge in [-0.3, -0.25) is 0 Å². The lowest BCUT2D eigenvalue weighted by molar-refractivity contribution is -0.329. The van der Waals surface area contributed by atoms with Crippen molar-refractivity contribution < 1.29 is 30.3 Å². The monoisotopic (exact) mass is 194 g/mol. The van der Waals surface area contributed by atoms with E-state index in [4.69, 9.17) is 9.84 Å². The normalized spacial score (nSPS) is 52.2. The second-order valence-electron chi connectivity index (χ2n) is 3.28. The Morgan fingerprint density at radius 2 is 1.85 bits per heavy atom. The van der Waals surface area contributed by atoms with Crippen molar-refractivity contribution in [2.75, 3.05) is 6.61 Å². The van der Waals surface area contributed by atoms with Crippen LogP contribution in [0.2, 0.25) is 0 Å². The van der Waals surface area contributed by atoms with E-state index < -0.39 is 36.8 Å². The molecular weight excluding hydrogens is 180 g/mol. The molecule has 0 amide bonds. The van der Waals surface area contributed by atoms with Crippen molar-refractivity contribution in [3.8, 4) is 0 Å². The minimum absolute atomic E-state index is 0.795. The Morgan fingerprint density at radius 3 is 2.31 bits per heavy atom. The van der Waals surface area contributed by atoms with Crippen LogP contribution in [0.5, 0.6) is 0 Å². The Labute approximate surface area is 75.0 Å². The summed E-state index contributed by atoms with van der Waals surface area (Å²) in [5, 5.41) is 46.0. The molecule has 13 heavy (non-hydrogen) atoms. The molecule has 0 spiro atoms. The SMILES string of the molecule is C[C@H]1O[C@@H](O)[C@@](O)(CO)[C@H](O)[C@H]1O. The molecule has 78 valence electrons. The van der Waals surface area contributed by atoms with Crippen LogP contribution in [0.3, 0.4) is 0 Å². The van der Waals surface area contributed by atoms with Crippen LogP contribution < -0.4 is 0 Å². The summed E-state index contributed by atoms with van der Waals surface area (Å²) in [7, 11) is 0. The second kappa shape index (κ2) is 3.49. The zero-order valence-electron chi connectivity index (χ0n) is 7.16. The Bertz CT molecular complexity index is 186. The first-order valence-corrected chi connectivity index (χ1v) is 3.96. The predicted molar refractivity (Wildman–Crippen MR) is 40.6 cm³/mol. The zero-order valence-corrected chi connectivity index (χ0v) is 7.16. The fraction of sp³-hybridized carbons (Fsp3) is 1.00. The molecule has 1 rings (SSSR count). The molecule has 0 aliphatic carbocycles. The van der Waals surface area contributed by atoms with Gasteiger partial charge in [-0.15, -0.1) is 0 Å². The van der Waals surface area contributed by atoms with E-state index in [1.54, 1.807) is 0 Å². The average molecular weight is 194 g/mol. The maximum absolute atomic E-state index is 9.47. The van der Waals surface area contributed by atoms with Crippen molar-refractivity contribution in [2.24, 2.45) is 0 Å². The van der Waals surface area contributed by atoms with E-state index in [0.29, 0.717) is 0 Å². The van der Waals surface area contributed by atoms with Gasteiger partial charge in [0.15, 0.2) is 11.9 Å². The molecule has 1 saturated heterocycles. The molecule has 0 unspecified atom stereocenters. The number of hydrogen-bond donors (Lipinski definition) is 5. The summed E-state index contributed by atoms with van der Waals surface area (Å²) in [4.78, 5) is 0. The molecule has 1 aliphatic rings. The van der Waals surface area contributed by atoms with E-state index in [1.165, 1.54) is 6.92 Å². The molecule has 1 aliphatic heterocycles. The lowest BCUT2D eigenvalue weighted by Crippen LogP contribution is -2.67. The minimum Gasteiger partial charge on any atom is -0.393 e. The summed E-state index contributed by atoms with van der Waals surface area (Å²) in [6, 6.07) is 0. The van der Waals surface area contributed by atoms with Gasteiger partial charge in [-0.2, -0.15) is 0 Å². The molecule has 0 aromatic heterocycles. The molecule has 0 radical (unpaired) electrons. The zero-order chi connectivity index (χ0) is 10.2. The molecule has 0 aromatic carbocycles. The highest BCUT2D eigenvalue weighted by molar-refractivity contribution is 4.98. The van der Waals surface area contributed by atoms with Crippen LogP contribution in [0.25, 0.3) is 0 Å². The van der Waals surface area contributed by atoms with Crippen molar-refractivity contribution in [3.63, 3.8) is 0 Å². The predicted octanol–water partition coefficient (Wildman–Crippen LogP) is -2.83. The van der Waals surface area contributed by atoms with Gasteiger partial charge in [-0.05, 0) is 6.92 Å². The molecule has 5 N–H and O–H groups in total. The van der Waals surface area contributed by atoms with Crippen molar-refractivity contribution in [1.29, 1.82) is 0 Å². The summed E-state index contributed by atoms with van der Waals surface area (Å²) in [5.74, 6) is 0. The quantitative estimate of drug-likeness (QED) is 0.308.